The predicted octanol–water partition coefficient (Wildman–Crippen LogP) is 3.88. The molecule has 0 aliphatic heterocycles. The van der Waals surface area contributed by atoms with Crippen LogP contribution in [0.3, 0.4) is 0 Å². The highest BCUT2D eigenvalue weighted by Gasteiger charge is 2.20. The number of carbonyl (C=O) groups is 1. The summed E-state index contributed by atoms with van der Waals surface area (Å²) in [5.41, 5.74) is 1.46. The first kappa shape index (κ1) is 15.8. The van der Waals surface area contributed by atoms with Crippen molar-refractivity contribution in [2.24, 2.45) is 0 Å². The van der Waals surface area contributed by atoms with E-state index in [4.69, 9.17) is 0 Å². The van der Waals surface area contributed by atoms with Crippen LogP contribution in [-0.4, -0.2) is 10.9 Å². The van der Waals surface area contributed by atoms with Gasteiger partial charge in [-0.05, 0) is 35.4 Å². The Labute approximate surface area is 138 Å². The number of hydrogen-bond acceptors (Lipinski definition) is 2. The monoisotopic (exact) mass is 324 g/mol. The van der Waals surface area contributed by atoms with E-state index in [-0.39, 0.29) is 5.56 Å². The second-order valence-electron chi connectivity index (χ2n) is 5.22. The summed E-state index contributed by atoms with van der Waals surface area (Å²) >= 11 is 0. The number of amides is 1. The zero-order valence-corrected chi connectivity index (χ0v) is 12.6. The normalized spacial score (nSPS) is 11.8. The summed E-state index contributed by atoms with van der Waals surface area (Å²) in [6, 6.07) is 15.3. The minimum absolute atomic E-state index is 0.202. The summed E-state index contributed by atoms with van der Waals surface area (Å²) in [4.78, 5) is 16.4. The van der Waals surface area contributed by atoms with Gasteiger partial charge in [-0.3, -0.25) is 9.78 Å². The maximum atomic E-state index is 13.8. The molecule has 0 saturated heterocycles. The lowest BCUT2D eigenvalue weighted by atomic mass is 9.99. The maximum Gasteiger partial charge on any atom is 0.255 e. The molecule has 3 nitrogen and oxygen atoms in total. The van der Waals surface area contributed by atoms with E-state index in [0.717, 1.165) is 23.3 Å². The molecule has 2 aromatic carbocycles. The molecule has 0 spiro atoms. The smallest absolute Gasteiger partial charge is 0.255 e. The lowest BCUT2D eigenvalue weighted by molar-refractivity contribution is 0.0939. The van der Waals surface area contributed by atoms with Crippen molar-refractivity contribution in [1.82, 2.24) is 10.3 Å². The standard InChI is InChI=1S/C19H14F2N2O/c20-15-6-7-16(17(21)12-15)19(24)23-18(13-4-2-1-3-5-13)14-8-10-22-11-9-14/h1-12,18H,(H,23,24). The molecule has 0 aliphatic rings. The summed E-state index contributed by atoms with van der Waals surface area (Å²) in [6.07, 6.45) is 3.24. The van der Waals surface area contributed by atoms with Crippen LogP contribution in [0, 0.1) is 11.6 Å². The maximum absolute atomic E-state index is 13.8. The van der Waals surface area contributed by atoms with Gasteiger partial charge in [0.15, 0.2) is 0 Å². The molecule has 0 fully saturated rings. The number of nitrogens with one attached hydrogen (secondary N) is 1. The van der Waals surface area contributed by atoms with Gasteiger partial charge in [0.05, 0.1) is 11.6 Å². The van der Waals surface area contributed by atoms with Crippen LogP contribution in [0.15, 0.2) is 73.1 Å². The quantitative estimate of drug-likeness (QED) is 0.791. The molecule has 0 saturated carbocycles. The molecule has 1 unspecified atom stereocenters. The highest BCUT2D eigenvalue weighted by molar-refractivity contribution is 5.95. The average Bonchev–Trinajstić information content (AvgIpc) is 2.61. The molecule has 1 aromatic heterocycles. The first-order chi connectivity index (χ1) is 11.6. The Balaban J connectivity index is 1.94. The second kappa shape index (κ2) is 7.00. The Morgan fingerprint density at radius 1 is 0.917 bits per heavy atom. The van der Waals surface area contributed by atoms with Crippen LogP contribution in [-0.2, 0) is 0 Å². The van der Waals surface area contributed by atoms with Crippen molar-refractivity contribution in [1.29, 1.82) is 0 Å². The molecule has 120 valence electrons. The molecule has 0 radical (unpaired) electrons. The van der Waals surface area contributed by atoms with Crippen LogP contribution >= 0.6 is 0 Å². The van der Waals surface area contributed by atoms with Crippen molar-refractivity contribution in [3.63, 3.8) is 0 Å². The fraction of sp³-hybridized carbons (Fsp3) is 0.0526. The molecule has 0 bridgehead atoms. The highest BCUT2D eigenvalue weighted by Crippen LogP contribution is 2.22. The molecule has 1 N–H and O–H groups in total. The molecular formula is C19H14F2N2O. The zero-order chi connectivity index (χ0) is 16.9. The lowest BCUT2D eigenvalue weighted by Gasteiger charge is -2.20. The van der Waals surface area contributed by atoms with Crippen molar-refractivity contribution >= 4 is 5.91 Å². The third-order valence-corrected chi connectivity index (χ3v) is 3.62. The van der Waals surface area contributed by atoms with Gasteiger partial charge in [0.1, 0.15) is 11.6 Å². The third-order valence-electron chi connectivity index (χ3n) is 3.62. The molecular weight excluding hydrogens is 310 g/mol. The van der Waals surface area contributed by atoms with Crippen LogP contribution in [0.2, 0.25) is 0 Å². The minimum atomic E-state index is -0.894. The molecule has 3 rings (SSSR count). The van der Waals surface area contributed by atoms with Crippen LogP contribution in [0.4, 0.5) is 8.78 Å². The Morgan fingerprint density at radius 2 is 1.58 bits per heavy atom. The SMILES string of the molecule is O=C(NC(c1ccccc1)c1ccncc1)c1ccc(F)cc1F. The van der Waals surface area contributed by atoms with E-state index >= 15 is 0 Å². The Bertz CT molecular complexity index is 799. The Morgan fingerprint density at radius 3 is 2.25 bits per heavy atom. The van der Waals surface area contributed by atoms with Gasteiger partial charge in [0.25, 0.3) is 5.91 Å². The fourth-order valence-corrected chi connectivity index (χ4v) is 2.44. The van der Waals surface area contributed by atoms with Gasteiger partial charge in [-0.15, -0.1) is 0 Å². The summed E-state index contributed by atoms with van der Waals surface area (Å²) in [5.74, 6) is -2.23. The largest absolute Gasteiger partial charge is 0.341 e. The molecule has 5 heteroatoms. The summed E-state index contributed by atoms with van der Waals surface area (Å²) in [7, 11) is 0. The molecule has 3 aromatic rings. The number of benzene rings is 2. The predicted molar refractivity (Wildman–Crippen MR) is 86.3 cm³/mol. The number of aromatic nitrogens is 1. The zero-order valence-electron chi connectivity index (χ0n) is 12.6. The van der Waals surface area contributed by atoms with E-state index < -0.39 is 23.6 Å². The number of nitrogens with zero attached hydrogens (tertiary/aromatic N) is 1. The molecule has 1 heterocycles. The average molecular weight is 324 g/mol. The van der Waals surface area contributed by atoms with E-state index in [0.29, 0.717) is 6.07 Å². The van der Waals surface area contributed by atoms with E-state index in [2.05, 4.69) is 10.3 Å². The van der Waals surface area contributed by atoms with Crippen LogP contribution in [0.5, 0.6) is 0 Å². The molecule has 1 atom stereocenters. The van der Waals surface area contributed by atoms with Crippen molar-refractivity contribution in [2.45, 2.75) is 6.04 Å². The summed E-state index contributed by atoms with van der Waals surface area (Å²) in [5, 5.41) is 2.80. The van der Waals surface area contributed by atoms with Crippen molar-refractivity contribution in [3.8, 4) is 0 Å². The number of hydrogen-bond donors (Lipinski definition) is 1. The van der Waals surface area contributed by atoms with E-state index in [1.54, 1.807) is 24.5 Å². The van der Waals surface area contributed by atoms with Gasteiger partial charge in [0, 0.05) is 18.5 Å². The van der Waals surface area contributed by atoms with E-state index in [1.165, 1.54) is 0 Å². The Kier molecular flexibility index (Phi) is 4.61. The van der Waals surface area contributed by atoms with Gasteiger partial charge in [-0.1, -0.05) is 30.3 Å². The number of halogens is 2. The van der Waals surface area contributed by atoms with Gasteiger partial charge in [-0.2, -0.15) is 0 Å². The first-order valence-corrected chi connectivity index (χ1v) is 7.36. The van der Waals surface area contributed by atoms with Gasteiger partial charge < -0.3 is 5.32 Å². The van der Waals surface area contributed by atoms with Crippen molar-refractivity contribution in [3.05, 3.63) is 101 Å². The van der Waals surface area contributed by atoms with Crippen LogP contribution in [0.25, 0.3) is 0 Å². The number of carbonyl (C=O) groups excluding carboxylic acids is 1. The first-order valence-electron chi connectivity index (χ1n) is 7.36. The van der Waals surface area contributed by atoms with Crippen molar-refractivity contribution in [2.75, 3.05) is 0 Å². The highest BCUT2D eigenvalue weighted by atomic mass is 19.1. The number of pyridine rings is 1. The van der Waals surface area contributed by atoms with Gasteiger partial charge >= 0.3 is 0 Å². The summed E-state index contributed by atoms with van der Waals surface area (Å²) in [6.45, 7) is 0. The number of rotatable bonds is 4. The van der Waals surface area contributed by atoms with Crippen LogP contribution in [0.1, 0.15) is 27.5 Å². The second-order valence-corrected chi connectivity index (χ2v) is 5.22. The third kappa shape index (κ3) is 3.46. The van der Waals surface area contributed by atoms with E-state index in [9.17, 15) is 13.6 Å². The van der Waals surface area contributed by atoms with Gasteiger partial charge in [0.2, 0.25) is 0 Å². The Hall–Kier alpha value is -3.08. The minimum Gasteiger partial charge on any atom is -0.341 e. The summed E-state index contributed by atoms with van der Waals surface area (Å²) < 4.78 is 26.9. The molecule has 1 amide bonds. The van der Waals surface area contributed by atoms with Gasteiger partial charge in [-0.25, -0.2) is 8.78 Å². The topological polar surface area (TPSA) is 42.0 Å². The molecule has 24 heavy (non-hydrogen) atoms. The van der Waals surface area contributed by atoms with E-state index in [1.807, 2.05) is 30.3 Å². The fourth-order valence-electron chi connectivity index (χ4n) is 2.44. The van der Waals surface area contributed by atoms with Crippen LogP contribution < -0.4 is 5.32 Å². The lowest BCUT2D eigenvalue weighted by Crippen LogP contribution is -2.30. The van der Waals surface area contributed by atoms with Crippen molar-refractivity contribution < 1.29 is 13.6 Å². The molecule has 0 aliphatic carbocycles.